The molecular weight excluding hydrogens is 165 g/mol. The number of carbonyl (C=O) groups is 1. The van der Waals surface area contributed by atoms with Gasteiger partial charge in [0, 0.05) is 0 Å². The second-order valence-electron chi connectivity index (χ2n) is 3.25. The number of amides is 1. The third-order valence-corrected chi connectivity index (χ3v) is 2.07. The Balaban J connectivity index is 2.42. The van der Waals surface area contributed by atoms with Crippen molar-refractivity contribution in [2.45, 2.75) is 13.0 Å². The van der Waals surface area contributed by atoms with Gasteiger partial charge in [-0.1, -0.05) is 11.5 Å². The molecule has 0 fully saturated rings. The molecule has 1 aliphatic rings. The molecule has 1 atom stereocenters. The Morgan fingerprint density at radius 1 is 1.54 bits per heavy atom. The van der Waals surface area contributed by atoms with Crippen molar-refractivity contribution in [1.29, 1.82) is 0 Å². The molecule has 2 rings (SSSR count). The molecule has 0 bridgehead atoms. The van der Waals surface area contributed by atoms with E-state index in [9.17, 15) is 4.79 Å². The van der Waals surface area contributed by atoms with Gasteiger partial charge in [0.2, 0.25) is 0 Å². The van der Waals surface area contributed by atoms with Crippen LogP contribution in [0.4, 0.5) is 5.69 Å². The van der Waals surface area contributed by atoms with E-state index in [0.29, 0.717) is 0 Å². The summed E-state index contributed by atoms with van der Waals surface area (Å²) in [6, 6.07) is 5.72. The first-order valence-corrected chi connectivity index (χ1v) is 4.25. The summed E-state index contributed by atoms with van der Waals surface area (Å²) in [5.74, 6) is 0.670. The zero-order chi connectivity index (χ0) is 9.42. The standard InChI is InChI=1S/C9H10BNO2/c1-5-9(12)11-7-3-2-6(10)4-8(7)13-5/h2-5H,10H2,1H3,(H,11,12). The molecule has 66 valence electrons. The topological polar surface area (TPSA) is 38.3 Å². The van der Waals surface area contributed by atoms with E-state index in [1.54, 1.807) is 6.92 Å². The number of benzene rings is 1. The monoisotopic (exact) mass is 175 g/mol. The smallest absolute Gasteiger partial charge is 0.265 e. The Labute approximate surface area is 77.5 Å². The molecule has 0 aliphatic carbocycles. The van der Waals surface area contributed by atoms with Gasteiger partial charge in [0.05, 0.1) is 5.69 Å². The molecule has 1 heterocycles. The van der Waals surface area contributed by atoms with Crippen molar-refractivity contribution in [2.24, 2.45) is 0 Å². The van der Waals surface area contributed by atoms with Gasteiger partial charge in [-0.3, -0.25) is 4.79 Å². The average molecular weight is 175 g/mol. The molecule has 0 aromatic heterocycles. The Hall–Kier alpha value is -1.45. The van der Waals surface area contributed by atoms with Crippen LogP contribution in [0.1, 0.15) is 6.92 Å². The summed E-state index contributed by atoms with van der Waals surface area (Å²) >= 11 is 0. The van der Waals surface area contributed by atoms with Crippen LogP contribution < -0.4 is 15.5 Å². The quantitative estimate of drug-likeness (QED) is 0.548. The number of carbonyl (C=O) groups excluding carboxylic acids is 1. The van der Waals surface area contributed by atoms with Crippen molar-refractivity contribution < 1.29 is 9.53 Å². The number of nitrogens with one attached hydrogen (secondary N) is 1. The molecule has 4 heteroatoms. The van der Waals surface area contributed by atoms with Gasteiger partial charge in [-0.25, -0.2) is 0 Å². The van der Waals surface area contributed by atoms with Crippen LogP contribution >= 0.6 is 0 Å². The van der Waals surface area contributed by atoms with Crippen LogP contribution in [-0.4, -0.2) is 19.9 Å². The fraction of sp³-hybridized carbons (Fsp3) is 0.222. The van der Waals surface area contributed by atoms with Crippen LogP contribution in [0, 0.1) is 0 Å². The first-order valence-electron chi connectivity index (χ1n) is 4.25. The average Bonchev–Trinajstić information content (AvgIpc) is 2.08. The summed E-state index contributed by atoms with van der Waals surface area (Å²) in [5.41, 5.74) is 1.88. The van der Waals surface area contributed by atoms with E-state index in [-0.39, 0.29) is 5.91 Å². The number of anilines is 1. The fourth-order valence-electron chi connectivity index (χ4n) is 1.31. The molecular formula is C9H10BNO2. The molecule has 0 radical (unpaired) electrons. The molecule has 1 aromatic carbocycles. The van der Waals surface area contributed by atoms with Gasteiger partial charge < -0.3 is 10.1 Å². The molecule has 0 saturated heterocycles. The zero-order valence-electron chi connectivity index (χ0n) is 7.63. The second-order valence-corrected chi connectivity index (χ2v) is 3.25. The third kappa shape index (κ3) is 1.39. The molecule has 1 aliphatic heterocycles. The Bertz CT molecular complexity index is 365. The number of hydrogen-bond acceptors (Lipinski definition) is 2. The summed E-state index contributed by atoms with van der Waals surface area (Å²) < 4.78 is 5.41. The van der Waals surface area contributed by atoms with Crippen LogP contribution in [0.3, 0.4) is 0 Å². The minimum absolute atomic E-state index is 0.0867. The Kier molecular flexibility index (Phi) is 1.76. The first kappa shape index (κ1) is 8.17. The van der Waals surface area contributed by atoms with Crippen LogP contribution in [0.5, 0.6) is 5.75 Å². The first-order chi connectivity index (χ1) is 6.16. The lowest BCUT2D eigenvalue weighted by Gasteiger charge is -2.23. The van der Waals surface area contributed by atoms with Crippen molar-refractivity contribution in [2.75, 3.05) is 5.32 Å². The largest absolute Gasteiger partial charge is 0.479 e. The molecule has 1 unspecified atom stereocenters. The fourth-order valence-corrected chi connectivity index (χ4v) is 1.31. The lowest BCUT2D eigenvalue weighted by molar-refractivity contribution is -0.122. The van der Waals surface area contributed by atoms with E-state index in [1.807, 2.05) is 26.0 Å². The van der Waals surface area contributed by atoms with Gasteiger partial charge in [0.15, 0.2) is 6.10 Å². The second kappa shape index (κ2) is 2.80. The van der Waals surface area contributed by atoms with Crippen LogP contribution in [-0.2, 0) is 4.79 Å². The van der Waals surface area contributed by atoms with Gasteiger partial charge in [0.25, 0.3) is 5.91 Å². The minimum atomic E-state index is -0.394. The van der Waals surface area contributed by atoms with Crippen LogP contribution in [0.25, 0.3) is 0 Å². The van der Waals surface area contributed by atoms with Crippen molar-refractivity contribution in [1.82, 2.24) is 0 Å². The van der Waals surface area contributed by atoms with Gasteiger partial charge in [-0.15, -0.1) is 0 Å². The normalized spacial score (nSPS) is 20.1. The number of hydrogen-bond donors (Lipinski definition) is 1. The highest BCUT2D eigenvalue weighted by atomic mass is 16.5. The van der Waals surface area contributed by atoms with Gasteiger partial charge >= 0.3 is 0 Å². The maximum Gasteiger partial charge on any atom is 0.265 e. The van der Waals surface area contributed by atoms with Crippen LogP contribution in [0.2, 0.25) is 0 Å². The summed E-state index contributed by atoms with van der Waals surface area (Å²) in [6.45, 7) is 1.74. The van der Waals surface area contributed by atoms with E-state index < -0.39 is 6.10 Å². The summed E-state index contributed by atoms with van der Waals surface area (Å²) in [7, 11) is 1.99. The highest BCUT2D eigenvalue weighted by Gasteiger charge is 2.22. The maximum atomic E-state index is 11.2. The van der Waals surface area contributed by atoms with Crippen molar-refractivity contribution in [3.63, 3.8) is 0 Å². The molecule has 13 heavy (non-hydrogen) atoms. The SMILES string of the molecule is Bc1ccc2c(c1)OC(C)C(=O)N2. The highest BCUT2D eigenvalue weighted by molar-refractivity contribution is 6.32. The minimum Gasteiger partial charge on any atom is -0.479 e. The Morgan fingerprint density at radius 2 is 2.31 bits per heavy atom. The van der Waals surface area contributed by atoms with Crippen LogP contribution in [0.15, 0.2) is 18.2 Å². The number of ether oxygens (including phenoxy) is 1. The summed E-state index contributed by atoms with van der Waals surface area (Å²) in [6.07, 6.45) is -0.394. The molecule has 0 spiro atoms. The number of fused-ring (bicyclic) bond motifs is 1. The van der Waals surface area contributed by atoms with E-state index in [0.717, 1.165) is 16.9 Å². The number of rotatable bonds is 0. The predicted octanol–water partition coefficient (Wildman–Crippen LogP) is -0.336. The van der Waals surface area contributed by atoms with Crippen molar-refractivity contribution >= 4 is 24.9 Å². The zero-order valence-corrected chi connectivity index (χ0v) is 7.63. The van der Waals surface area contributed by atoms with E-state index >= 15 is 0 Å². The van der Waals surface area contributed by atoms with E-state index in [2.05, 4.69) is 5.32 Å². The third-order valence-electron chi connectivity index (χ3n) is 2.07. The highest BCUT2D eigenvalue weighted by Crippen LogP contribution is 2.27. The maximum absolute atomic E-state index is 11.2. The van der Waals surface area contributed by atoms with Crippen molar-refractivity contribution in [3.8, 4) is 5.75 Å². The summed E-state index contributed by atoms with van der Waals surface area (Å²) in [4.78, 5) is 11.2. The lowest BCUT2D eigenvalue weighted by atomic mass is 9.95. The molecule has 0 saturated carbocycles. The molecule has 3 nitrogen and oxygen atoms in total. The van der Waals surface area contributed by atoms with Crippen molar-refractivity contribution in [3.05, 3.63) is 18.2 Å². The van der Waals surface area contributed by atoms with E-state index in [1.165, 1.54) is 0 Å². The van der Waals surface area contributed by atoms with E-state index in [4.69, 9.17) is 4.74 Å². The Morgan fingerprint density at radius 3 is 3.08 bits per heavy atom. The molecule has 1 amide bonds. The molecule has 1 N–H and O–H groups in total. The predicted molar refractivity (Wildman–Crippen MR) is 53.3 cm³/mol. The van der Waals surface area contributed by atoms with Gasteiger partial charge in [-0.2, -0.15) is 0 Å². The lowest BCUT2D eigenvalue weighted by Crippen LogP contribution is -2.34. The van der Waals surface area contributed by atoms with Gasteiger partial charge in [-0.05, 0) is 19.1 Å². The van der Waals surface area contributed by atoms with Gasteiger partial charge in [0.1, 0.15) is 13.6 Å². The molecule has 1 aromatic rings. The summed E-state index contributed by atoms with van der Waals surface area (Å²) in [5, 5.41) is 2.77.